The zero-order chi connectivity index (χ0) is 20.6. The standard InChI is InChI=1S/C19H14ClN3O4S2/c1-23-15-11-13(6-7-16(15)27-19(23)24)29(25,26)22-12-5-8-17(14(20)10-12)28-18-4-2-3-9-21-18/h2-11,22H,1H3. The van der Waals surface area contributed by atoms with Gasteiger partial charge in [-0.15, -0.1) is 0 Å². The summed E-state index contributed by atoms with van der Waals surface area (Å²) in [6.07, 6.45) is 1.69. The fourth-order valence-electron chi connectivity index (χ4n) is 2.65. The average molecular weight is 448 g/mol. The quantitative estimate of drug-likeness (QED) is 0.494. The molecule has 148 valence electrons. The van der Waals surface area contributed by atoms with Gasteiger partial charge >= 0.3 is 5.76 Å². The van der Waals surface area contributed by atoms with Gasteiger partial charge < -0.3 is 4.42 Å². The fourth-order valence-corrected chi connectivity index (χ4v) is 4.80. The first kappa shape index (κ1) is 19.6. The van der Waals surface area contributed by atoms with Gasteiger partial charge in [-0.05, 0) is 48.5 Å². The molecule has 0 radical (unpaired) electrons. The SMILES string of the molecule is Cn1c(=O)oc2ccc(S(=O)(=O)Nc3ccc(Sc4ccccn4)c(Cl)c3)cc21. The molecule has 10 heteroatoms. The summed E-state index contributed by atoms with van der Waals surface area (Å²) in [5.74, 6) is -0.560. The van der Waals surface area contributed by atoms with E-state index in [1.807, 2.05) is 18.2 Å². The second-order valence-corrected chi connectivity index (χ2v) is 9.23. The van der Waals surface area contributed by atoms with Crippen molar-refractivity contribution in [1.82, 2.24) is 9.55 Å². The van der Waals surface area contributed by atoms with Crippen molar-refractivity contribution in [1.29, 1.82) is 0 Å². The van der Waals surface area contributed by atoms with E-state index in [9.17, 15) is 13.2 Å². The molecule has 2 heterocycles. The lowest BCUT2D eigenvalue weighted by atomic mass is 10.3. The van der Waals surface area contributed by atoms with Gasteiger partial charge in [-0.1, -0.05) is 29.4 Å². The maximum Gasteiger partial charge on any atom is 0.419 e. The number of pyridine rings is 1. The molecule has 0 aliphatic heterocycles. The number of anilines is 1. The van der Waals surface area contributed by atoms with E-state index in [0.717, 1.165) is 9.92 Å². The Balaban J connectivity index is 1.60. The van der Waals surface area contributed by atoms with Crippen molar-refractivity contribution in [3.8, 4) is 0 Å². The van der Waals surface area contributed by atoms with Crippen LogP contribution in [0.25, 0.3) is 11.1 Å². The lowest BCUT2D eigenvalue weighted by molar-refractivity contribution is 0.528. The summed E-state index contributed by atoms with van der Waals surface area (Å²) in [6, 6.07) is 14.7. The maximum absolute atomic E-state index is 12.8. The Hall–Kier alpha value is -2.75. The van der Waals surface area contributed by atoms with Gasteiger partial charge in [0.1, 0.15) is 5.03 Å². The normalized spacial score (nSPS) is 11.7. The molecule has 0 spiro atoms. The summed E-state index contributed by atoms with van der Waals surface area (Å²) in [6.45, 7) is 0. The lowest BCUT2D eigenvalue weighted by Gasteiger charge is -2.10. The molecule has 2 aromatic heterocycles. The molecule has 2 aromatic carbocycles. The molecule has 1 N–H and O–H groups in total. The van der Waals surface area contributed by atoms with Gasteiger partial charge in [-0.2, -0.15) is 0 Å². The molecular weight excluding hydrogens is 434 g/mol. The highest BCUT2D eigenvalue weighted by atomic mass is 35.5. The summed E-state index contributed by atoms with van der Waals surface area (Å²) >= 11 is 7.70. The molecule has 0 amide bonds. The highest BCUT2D eigenvalue weighted by Gasteiger charge is 2.18. The molecule has 0 unspecified atom stereocenters. The third-order valence-electron chi connectivity index (χ3n) is 4.11. The number of oxazole rings is 1. The molecule has 0 atom stereocenters. The highest BCUT2D eigenvalue weighted by Crippen LogP contribution is 2.34. The number of nitrogens with zero attached hydrogens (tertiary/aromatic N) is 2. The molecule has 4 aromatic rings. The van der Waals surface area contributed by atoms with Crippen molar-refractivity contribution in [2.45, 2.75) is 14.8 Å². The molecule has 0 bridgehead atoms. The highest BCUT2D eigenvalue weighted by molar-refractivity contribution is 7.99. The molecule has 29 heavy (non-hydrogen) atoms. The second-order valence-electron chi connectivity index (χ2n) is 6.08. The first-order valence-electron chi connectivity index (χ1n) is 8.34. The van der Waals surface area contributed by atoms with Crippen LogP contribution in [-0.2, 0) is 17.1 Å². The number of fused-ring (bicyclic) bond motifs is 1. The molecule has 0 aliphatic carbocycles. The van der Waals surface area contributed by atoms with Crippen LogP contribution in [-0.4, -0.2) is 18.0 Å². The summed E-state index contributed by atoms with van der Waals surface area (Å²) in [7, 11) is -2.38. The van der Waals surface area contributed by atoms with E-state index in [0.29, 0.717) is 21.8 Å². The van der Waals surface area contributed by atoms with Crippen LogP contribution < -0.4 is 10.5 Å². The number of nitrogens with one attached hydrogen (secondary N) is 1. The van der Waals surface area contributed by atoms with Gasteiger partial charge in [0.25, 0.3) is 10.0 Å². The minimum atomic E-state index is -3.89. The number of aryl methyl sites for hydroxylation is 1. The number of hydrogen-bond donors (Lipinski definition) is 1. The van der Waals surface area contributed by atoms with Crippen LogP contribution in [0.3, 0.4) is 0 Å². The predicted octanol–water partition coefficient (Wildman–Crippen LogP) is 4.13. The molecule has 0 saturated heterocycles. The van der Waals surface area contributed by atoms with Crippen molar-refractivity contribution < 1.29 is 12.8 Å². The van der Waals surface area contributed by atoms with Crippen LogP contribution in [0.15, 0.2) is 84.8 Å². The zero-order valence-corrected chi connectivity index (χ0v) is 17.4. The van der Waals surface area contributed by atoms with Crippen LogP contribution >= 0.6 is 23.4 Å². The van der Waals surface area contributed by atoms with Gasteiger partial charge in [0, 0.05) is 18.1 Å². The van der Waals surface area contributed by atoms with E-state index in [-0.39, 0.29) is 4.90 Å². The van der Waals surface area contributed by atoms with E-state index < -0.39 is 15.8 Å². The summed E-state index contributed by atoms with van der Waals surface area (Å²) in [5, 5.41) is 1.18. The largest absolute Gasteiger partial charge is 0.419 e. The average Bonchev–Trinajstić information content (AvgIpc) is 2.98. The first-order chi connectivity index (χ1) is 13.8. The van der Waals surface area contributed by atoms with E-state index in [2.05, 4.69) is 9.71 Å². The fraction of sp³-hybridized carbons (Fsp3) is 0.0526. The molecule has 7 nitrogen and oxygen atoms in total. The smallest absolute Gasteiger partial charge is 0.408 e. The van der Waals surface area contributed by atoms with E-state index in [1.165, 1.54) is 47.6 Å². The Labute approximate surface area is 175 Å². The van der Waals surface area contributed by atoms with Crippen LogP contribution in [0, 0.1) is 0 Å². The van der Waals surface area contributed by atoms with Crippen molar-refractivity contribution >= 4 is 50.2 Å². The summed E-state index contributed by atoms with van der Waals surface area (Å²) in [4.78, 5) is 16.6. The summed E-state index contributed by atoms with van der Waals surface area (Å²) in [5.41, 5.74) is 1.02. The van der Waals surface area contributed by atoms with Crippen LogP contribution in [0.4, 0.5) is 5.69 Å². The maximum atomic E-state index is 12.8. The monoisotopic (exact) mass is 447 g/mol. The Morgan fingerprint density at radius 3 is 2.69 bits per heavy atom. The molecule has 0 aliphatic rings. The van der Waals surface area contributed by atoms with Crippen molar-refractivity contribution in [2.75, 3.05) is 4.72 Å². The Bertz CT molecular complexity index is 1370. The van der Waals surface area contributed by atoms with Crippen LogP contribution in [0.2, 0.25) is 5.02 Å². The zero-order valence-electron chi connectivity index (χ0n) is 15.0. The predicted molar refractivity (Wildman–Crippen MR) is 112 cm³/mol. The second kappa shape index (κ2) is 7.58. The number of sulfonamides is 1. The first-order valence-corrected chi connectivity index (χ1v) is 11.0. The third kappa shape index (κ3) is 4.02. The lowest BCUT2D eigenvalue weighted by Crippen LogP contribution is -2.13. The molecular formula is C19H14ClN3O4S2. The molecule has 0 saturated carbocycles. The molecule has 4 rings (SSSR count). The van der Waals surface area contributed by atoms with Crippen molar-refractivity contribution in [2.24, 2.45) is 7.05 Å². The number of rotatable bonds is 5. The van der Waals surface area contributed by atoms with Crippen LogP contribution in [0.5, 0.6) is 0 Å². The Morgan fingerprint density at radius 2 is 1.97 bits per heavy atom. The van der Waals surface area contributed by atoms with Crippen molar-refractivity contribution in [3.05, 3.63) is 76.4 Å². The minimum Gasteiger partial charge on any atom is -0.408 e. The minimum absolute atomic E-state index is 0.00413. The Morgan fingerprint density at radius 1 is 1.14 bits per heavy atom. The van der Waals surface area contributed by atoms with Crippen LogP contribution in [0.1, 0.15) is 0 Å². The molecule has 0 fully saturated rings. The number of benzene rings is 2. The van der Waals surface area contributed by atoms with Gasteiger partial charge in [0.05, 0.1) is 21.1 Å². The van der Waals surface area contributed by atoms with E-state index >= 15 is 0 Å². The van der Waals surface area contributed by atoms with Crippen molar-refractivity contribution in [3.63, 3.8) is 0 Å². The number of hydrogen-bond acceptors (Lipinski definition) is 6. The van der Waals surface area contributed by atoms with E-state index in [1.54, 1.807) is 18.3 Å². The van der Waals surface area contributed by atoms with Gasteiger partial charge in [-0.3, -0.25) is 9.29 Å². The Kier molecular flexibility index (Phi) is 5.12. The van der Waals surface area contributed by atoms with Gasteiger partial charge in [0.15, 0.2) is 5.58 Å². The van der Waals surface area contributed by atoms with Gasteiger partial charge in [-0.25, -0.2) is 18.2 Å². The topological polar surface area (TPSA) is 94.2 Å². The van der Waals surface area contributed by atoms with E-state index in [4.69, 9.17) is 16.0 Å². The number of halogens is 1. The number of aromatic nitrogens is 2. The third-order valence-corrected chi connectivity index (χ3v) is 6.94. The summed E-state index contributed by atoms with van der Waals surface area (Å²) < 4.78 is 34.3. The van der Waals surface area contributed by atoms with Gasteiger partial charge in [0.2, 0.25) is 0 Å².